The zero-order chi connectivity index (χ0) is 28.8. The number of para-hydroxylation sites is 2. The summed E-state index contributed by atoms with van der Waals surface area (Å²) in [5.74, 6) is 0.495. The molecular formula is C35H29N3O3S. The standard InChI is InChI=1S/C35H29N3O3S/c1-35(19-27-23-12-3-5-14-25(23)31(35)26-15-6-4-13-24(26)27)33(40)38-34-37-29(20-42-34)21-10-9-11-22(18-21)32(39)36-28-16-7-8-17-30(28)41-2/h3-18,20,27,31H,19H2,1-2H3,(H,36,39)(H,37,38,40). The molecule has 1 aromatic heterocycles. The molecule has 3 aliphatic carbocycles. The molecule has 4 aromatic carbocycles. The molecule has 2 N–H and O–H groups in total. The largest absolute Gasteiger partial charge is 0.495 e. The number of aromatic nitrogens is 1. The summed E-state index contributed by atoms with van der Waals surface area (Å²) < 4.78 is 5.35. The van der Waals surface area contributed by atoms with Crippen molar-refractivity contribution in [2.24, 2.45) is 5.41 Å². The Hall–Kier alpha value is -4.75. The van der Waals surface area contributed by atoms with Crippen LogP contribution in [0, 0.1) is 5.41 Å². The van der Waals surface area contributed by atoms with E-state index in [1.165, 1.54) is 33.6 Å². The molecule has 7 heteroatoms. The normalized spacial score (nSPS) is 19.9. The Bertz CT molecular complexity index is 1800. The second-order valence-corrected chi connectivity index (χ2v) is 12.0. The van der Waals surface area contributed by atoms with E-state index in [-0.39, 0.29) is 23.7 Å². The average molecular weight is 572 g/mol. The van der Waals surface area contributed by atoms with Crippen LogP contribution in [-0.4, -0.2) is 23.9 Å². The van der Waals surface area contributed by atoms with E-state index in [9.17, 15) is 9.59 Å². The number of hydrogen-bond donors (Lipinski definition) is 2. The molecule has 1 heterocycles. The van der Waals surface area contributed by atoms with Gasteiger partial charge in [0.15, 0.2) is 5.13 Å². The first-order valence-corrected chi connectivity index (χ1v) is 14.8. The van der Waals surface area contributed by atoms with Gasteiger partial charge in [-0.05, 0) is 59.9 Å². The van der Waals surface area contributed by atoms with Gasteiger partial charge in [0.25, 0.3) is 5.91 Å². The molecule has 2 amide bonds. The summed E-state index contributed by atoms with van der Waals surface area (Å²) in [6.45, 7) is 2.09. The molecular weight excluding hydrogens is 542 g/mol. The lowest BCUT2D eigenvalue weighted by molar-refractivity contribution is -0.126. The molecule has 8 rings (SSSR count). The van der Waals surface area contributed by atoms with Gasteiger partial charge >= 0.3 is 0 Å². The quantitative estimate of drug-likeness (QED) is 0.219. The smallest absolute Gasteiger partial charge is 0.255 e. The highest BCUT2D eigenvalue weighted by Crippen LogP contribution is 2.61. The molecule has 0 fully saturated rings. The van der Waals surface area contributed by atoms with Gasteiger partial charge in [-0.15, -0.1) is 11.3 Å². The highest BCUT2D eigenvalue weighted by atomic mass is 32.1. The Balaban J connectivity index is 1.12. The van der Waals surface area contributed by atoms with Crippen LogP contribution in [0.4, 0.5) is 10.8 Å². The Morgan fingerprint density at radius 2 is 1.52 bits per heavy atom. The first-order valence-electron chi connectivity index (χ1n) is 14.0. The SMILES string of the molecule is COc1ccccc1NC(=O)c1cccc(-c2csc(NC(=O)C3(C)CC4c5ccccc5C3c3ccccc34)n2)c1. The van der Waals surface area contributed by atoms with E-state index in [1.807, 2.05) is 29.6 Å². The number of thiazole rings is 1. The van der Waals surface area contributed by atoms with Crippen LogP contribution in [-0.2, 0) is 4.79 Å². The number of ether oxygens (including phenoxy) is 1. The van der Waals surface area contributed by atoms with Crippen LogP contribution >= 0.6 is 11.3 Å². The number of methoxy groups -OCH3 is 1. The molecule has 0 saturated heterocycles. The molecule has 1 unspecified atom stereocenters. The zero-order valence-corrected chi connectivity index (χ0v) is 24.1. The van der Waals surface area contributed by atoms with Gasteiger partial charge in [-0.1, -0.05) is 72.8 Å². The van der Waals surface area contributed by atoms with Crippen molar-refractivity contribution < 1.29 is 14.3 Å². The molecule has 208 valence electrons. The number of fused-ring (bicyclic) bond motifs is 1. The Kier molecular flexibility index (Phi) is 6.39. The summed E-state index contributed by atoms with van der Waals surface area (Å²) in [4.78, 5) is 31.8. The van der Waals surface area contributed by atoms with Crippen LogP contribution in [0.15, 0.2) is 102 Å². The van der Waals surface area contributed by atoms with E-state index in [0.29, 0.717) is 27.8 Å². The van der Waals surface area contributed by atoms with Crippen molar-refractivity contribution in [2.75, 3.05) is 17.7 Å². The van der Waals surface area contributed by atoms with Crippen LogP contribution in [0.2, 0.25) is 0 Å². The van der Waals surface area contributed by atoms with Crippen molar-refractivity contribution in [3.63, 3.8) is 0 Å². The fourth-order valence-corrected chi connectivity index (χ4v) is 7.37. The number of anilines is 2. The van der Waals surface area contributed by atoms with E-state index in [2.05, 4.69) is 66.1 Å². The predicted molar refractivity (Wildman–Crippen MR) is 166 cm³/mol. The number of benzene rings is 4. The molecule has 6 nitrogen and oxygen atoms in total. The summed E-state index contributed by atoms with van der Waals surface area (Å²) in [6.07, 6.45) is 0.749. The van der Waals surface area contributed by atoms with Gasteiger partial charge < -0.3 is 15.4 Å². The number of carbonyl (C=O) groups excluding carboxylic acids is 2. The predicted octanol–water partition coefficient (Wildman–Crippen LogP) is 7.70. The van der Waals surface area contributed by atoms with Crippen LogP contribution in [0.5, 0.6) is 5.75 Å². The number of carbonyl (C=O) groups is 2. The fraction of sp³-hybridized carbons (Fsp3) is 0.171. The van der Waals surface area contributed by atoms with Gasteiger partial charge in [0.2, 0.25) is 5.91 Å². The van der Waals surface area contributed by atoms with Gasteiger partial charge in [-0.3, -0.25) is 9.59 Å². The second kappa shape index (κ2) is 10.3. The van der Waals surface area contributed by atoms with Gasteiger partial charge in [0.05, 0.1) is 23.9 Å². The van der Waals surface area contributed by atoms with Crippen LogP contribution < -0.4 is 15.4 Å². The monoisotopic (exact) mass is 571 g/mol. The van der Waals surface area contributed by atoms with Crippen molar-refractivity contribution in [2.45, 2.75) is 25.2 Å². The summed E-state index contributed by atoms with van der Waals surface area (Å²) >= 11 is 1.39. The molecule has 2 bridgehead atoms. The third-order valence-corrected chi connectivity index (χ3v) is 9.41. The Morgan fingerprint density at radius 1 is 0.857 bits per heavy atom. The maximum atomic E-state index is 14.0. The number of nitrogens with one attached hydrogen (secondary N) is 2. The summed E-state index contributed by atoms with van der Waals surface area (Å²) in [5, 5.41) is 8.52. The lowest BCUT2D eigenvalue weighted by Gasteiger charge is -2.50. The Labute approximate surface area is 248 Å². The highest BCUT2D eigenvalue weighted by molar-refractivity contribution is 7.14. The number of hydrogen-bond acceptors (Lipinski definition) is 5. The van der Waals surface area contributed by atoms with E-state index in [4.69, 9.17) is 9.72 Å². The average Bonchev–Trinajstić information content (AvgIpc) is 3.50. The molecule has 1 atom stereocenters. The van der Waals surface area contributed by atoms with Crippen LogP contribution in [0.1, 0.15) is 57.8 Å². The van der Waals surface area contributed by atoms with Crippen molar-refractivity contribution >= 4 is 34.0 Å². The van der Waals surface area contributed by atoms with E-state index in [1.54, 1.807) is 31.4 Å². The highest BCUT2D eigenvalue weighted by Gasteiger charge is 2.54. The molecule has 0 saturated carbocycles. The van der Waals surface area contributed by atoms with Crippen molar-refractivity contribution in [3.05, 3.63) is 130 Å². The fourth-order valence-electron chi connectivity index (χ4n) is 6.66. The van der Waals surface area contributed by atoms with Crippen molar-refractivity contribution in [3.8, 4) is 17.0 Å². The van der Waals surface area contributed by atoms with Gasteiger partial charge in [-0.25, -0.2) is 4.98 Å². The molecule has 0 radical (unpaired) electrons. The minimum absolute atomic E-state index is 0.0206. The number of nitrogens with zero attached hydrogens (tertiary/aromatic N) is 1. The van der Waals surface area contributed by atoms with Crippen molar-refractivity contribution in [1.82, 2.24) is 4.98 Å². The molecule has 3 aliphatic rings. The molecule has 5 aromatic rings. The topological polar surface area (TPSA) is 80.3 Å². The minimum Gasteiger partial charge on any atom is -0.495 e. The van der Waals surface area contributed by atoms with Crippen LogP contribution in [0.25, 0.3) is 11.3 Å². The van der Waals surface area contributed by atoms with E-state index >= 15 is 0 Å². The van der Waals surface area contributed by atoms with E-state index < -0.39 is 5.41 Å². The summed E-state index contributed by atoms with van der Waals surface area (Å²) in [6, 6.07) is 31.7. The van der Waals surface area contributed by atoms with Crippen molar-refractivity contribution in [1.29, 1.82) is 0 Å². The summed E-state index contributed by atoms with van der Waals surface area (Å²) in [7, 11) is 1.57. The number of amides is 2. The van der Waals surface area contributed by atoms with Gasteiger partial charge in [0.1, 0.15) is 5.75 Å². The van der Waals surface area contributed by atoms with Crippen LogP contribution in [0.3, 0.4) is 0 Å². The maximum absolute atomic E-state index is 14.0. The zero-order valence-electron chi connectivity index (χ0n) is 23.3. The second-order valence-electron chi connectivity index (χ2n) is 11.1. The third-order valence-electron chi connectivity index (χ3n) is 8.65. The van der Waals surface area contributed by atoms with Gasteiger partial charge in [0, 0.05) is 28.3 Å². The molecule has 0 aliphatic heterocycles. The van der Waals surface area contributed by atoms with E-state index in [0.717, 1.165) is 12.0 Å². The summed E-state index contributed by atoms with van der Waals surface area (Å²) in [5.41, 5.74) is 7.13. The molecule has 0 spiro atoms. The first-order chi connectivity index (χ1) is 20.5. The van der Waals surface area contributed by atoms with Gasteiger partial charge in [-0.2, -0.15) is 0 Å². The third kappa shape index (κ3) is 4.28. The Morgan fingerprint density at radius 3 is 2.24 bits per heavy atom. The lowest BCUT2D eigenvalue weighted by Crippen LogP contribution is -2.47. The minimum atomic E-state index is -0.615. The first kappa shape index (κ1) is 26.2. The maximum Gasteiger partial charge on any atom is 0.255 e. The lowest BCUT2D eigenvalue weighted by atomic mass is 9.52. The molecule has 42 heavy (non-hydrogen) atoms. The number of rotatable bonds is 6.